The molecule has 0 aliphatic carbocycles. The number of nitrogens with one attached hydrogen (secondary N) is 2. The van der Waals surface area contributed by atoms with Gasteiger partial charge >= 0.3 is 6.09 Å². The summed E-state index contributed by atoms with van der Waals surface area (Å²) >= 11 is 0. The van der Waals surface area contributed by atoms with Gasteiger partial charge < -0.3 is 22.0 Å². The quantitative estimate of drug-likeness (QED) is 0.264. The van der Waals surface area contributed by atoms with Crippen LogP contribution in [0.5, 0.6) is 0 Å². The van der Waals surface area contributed by atoms with E-state index >= 15 is 0 Å². The number of nitrogens with two attached hydrogens (primary N) is 2. The van der Waals surface area contributed by atoms with Gasteiger partial charge in [0.1, 0.15) is 0 Å². The third-order valence-electron chi connectivity index (χ3n) is 4.15. The number of rotatable bonds is 5. The monoisotopic (exact) mass is 377 g/mol. The van der Waals surface area contributed by atoms with E-state index in [1.807, 2.05) is 12.1 Å². The average Bonchev–Trinajstić information content (AvgIpc) is 2.68. The van der Waals surface area contributed by atoms with Gasteiger partial charge in [0, 0.05) is 23.2 Å². The minimum Gasteiger partial charge on any atom is -0.465 e. The molecule has 0 aliphatic rings. The maximum absolute atomic E-state index is 12.7. The Hall–Kier alpha value is -3.91. The Morgan fingerprint density at radius 2 is 1.79 bits per heavy atom. The number of carbonyl (C=O) groups excluding carboxylic acids is 1. The van der Waals surface area contributed by atoms with E-state index < -0.39 is 6.09 Å². The second-order valence-electron chi connectivity index (χ2n) is 6.07. The molecule has 0 radical (unpaired) electrons. The lowest BCUT2D eigenvalue weighted by molar-refractivity contribution is 0.102. The Bertz CT molecular complexity index is 1060. The van der Waals surface area contributed by atoms with Crippen molar-refractivity contribution in [3.8, 4) is 0 Å². The molecule has 0 heterocycles. The third kappa shape index (κ3) is 4.25. The van der Waals surface area contributed by atoms with Crippen LogP contribution in [0.2, 0.25) is 0 Å². The molecule has 0 atom stereocenters. The molecule has 8 heteroatoms. The molecule has 3 rings (SSSR count). The van der Waals surface area contributed by atoms with Crippen molar-refractivity contribution in [2.24, 2.45) is 16.7 Å². The number of hydrogen-bond acceptors (Lipinski definition) is 5. The van der Waals surface area contributed by atoms with Crippen LogP contribution >= 0.6 is 0 Å². The van der Waals surface area contributed by atoms with Crippen LogP contribution in [0, 0.1) is 0 Å². The van der Waals surface area contributed by atoms with E-state index in [2.05, 4.69) is 15.7 Å². The second kappa shape index (κ2) is 8.19. The van der Waals surface area contributed by atoms with Gasteiger partial charge in [0.2, 0.25) is 0 Å². The van der Waals surface area contributed by atoms with Crippen LogP contribution in [0.3, 0.4) is 0 Å². The predicted molar refractivity (Wildman–Crippen MR) is 110 cm³/mol. The fourth-order valence-corrected chi connectivity index (χ4v) is 2.82. The molecule has 2 amide bonds. The number of hydrogen-bond donors (Lipinski definition) is 5. The lowest BCUT2D eigenvalue weighted by atomic mass is 10.0. The molecule has 0 fully saturated rings. The first-order valence-electron chi connectivity index (χ1n) is 8.41. The molecule has 0 unspecified atom stereocenters. The number of anilines is 2. The van der Waals surface area contributed by atoms with Crippen molar-refractivity contribution >= 4 is 40.4 Å². The molecular weight excluding hydrogens is 358 g/mol. The number of fused-ring (bicyclic) bond motifs is 1. The molecular formula is C20H19N5O3. The first-order valence-corrected chi connectivity index (χ1v) is 8.41. The van der Waals surface area contributed by atoms with E-state index in [1.54, 1.807) is 36.4 Å². The molecule has 8 nitrogen and oxygen atoms in total. The van der Waals surface area contributed by atoms with Crippen molar-refractivity contribution < 1.29 is 14.7 Å². The van der Waals surface area contributed by atoms with Crippen molar-refractivity contribution in [3.05, 3.63) is 71.3 Å². The second-order valence-corrected chi connectivity index (χ2v) is 6.07. The highest BCUT2D eigenvalue weighted by molar-refractivity contribution is 6.11. The predicted octanol–water partition coefficient (Wildman–Crippen LogP) is 2.93. The van der Waals surface area contributed by atoms with Gasteiger partial charge in [-0.25, -0.2) is 4.79 Å². The Labute approximate surface area is 160 Å². The Morgan fingerprint density at radius 3 is 2.43 bits per heavy atom. The molecule has 0 saturated heterocycles. The molecule has 28 heavy (non-hydrogen) atoms. The van der Waals surface area contributed by atoms with Crippen molar-refractivity contribution in [2.75, 3.05) is 10.6 Å². The average molecular weight is 377 g/mol. The first-order chi connectivity index (χ1) is 13.5. The smallest absolute Gasteiger partial charge is 0.409 e. The maximum atomic E-state index is 12.7. The summed E-state index contributed by atoms with van der Waals surface area (Å²) in [6.07, 6.45) is 0.226. The SMILES string of the molecule is NCc1ccc(NC(=O)c2cc(NC(=O)O)c3cc(C=NN)ccc3c2)cc1. The summed E-state index contributed by atoms with van der Waals surface area (Å²) in [6, 6.07) is 15.6. The van der Waals surface area contributed by atoms with Gasteiger partial charge in [0.15, 0.2) is 0 Å². The molecule has 0 spiro atoms. The summed E-state index contributed by atoms with van der Waals surface area (Å²) in [5, 5.41) is 19.1. The van der Waals surface area contributed by atoms with Crippen molar-refractivity contribution in [1.82, 2.24) is 0 Å². The standard InChI is InChI=1S/C20H19N5O3/c21-10-12-2-5-16(6-3-12)24-19(26)15-8-14-4-1-13(11-23-22)7-17(14)18(9-15)25-20(27)28/h1-9,11,25H,10,21-22H2,(H,24,26)(H,27,28). The molecule has 0 bridgehead atoms. The van der Waals surface area contributed by atoms with E-state index in [-0.39, 0.29) is 5.91 Å². The van der Waals surface area contributed by atoms with Crippen LogP contribution in [-0.4, -0.2) is 23.3 Å². The summed E-state index contributed by atoms with van der Waals surface area (Å²) < 4.78 is 0. The molecule has 0 aliphatic heterocycles. The largest absolute Gasteiger partial charge is 0.465 e. The van der Waals surface area contributed by atoms with Crippen molar-refractivity contribution in [1.29, 1.82) is 0 Å². The van der Waals surface area contributed by atoms with Crippen LogP contribution in [0.15, 0.2) is 59.7 Å². The Balaban J connectivity index is 1.98. The highest BCUT2D eigenvalue weighted by Gasteiger charge is 2.13. The van der Waals surface area contributed by atoms with Crippen LogP contribution in [0.25, 0.3) is 10.8 Å². The first kappa shape index (κ1) is 18.9. The van der Waals surface area contributed by atoms with Crippen LogP contribution in [0.4, 0.5) is 16.2 Å². The van der Waals surface area contributed by atoms with E-state index in [9.17, 15) is 9.59 Å². The maximum Gasteiger partial charge on any atom is 0.409 e. The third-order valence-corrected chi connectivity index (χ3v) is 4.15. The summed E-state index contributed by atoms with van der Waals surface area (Å²) in [7, 11) is 0. The van der Waals surface area contributed by atoms with Crippen LogP contribution in [-0.2, 0) is 6.54 Å². The Morgan fingerprint density at radius 1 is 1.04 bits per heavy atom. The van der Waals surface area contributed by atoms with Crippen LogP contribution < -0.4 is 22.2 Å². The summed E-state index contributed by atoms with van der Waals surface area (Å²) in [5.41, 5.74) is 8.46. The van der Waals surface area contributed by atoms with E-state index in [4.69, 9.17) is 16.7 Å². The fourth-order valence-electron chi connectivity index (χ4n) is 2.82. The van der Waals surface area contributed by atoms with Gasteiger partial charge in [-0.1, -0.05) is 24.3 Å². The minimum absolute atomic E-state index is 0.293. The van der Waals surface area contributed by atoms with E-state index in [0.717, 1.165) is 5.56 Å². The van der Waals surface area contributed by atoms with Gasteiger partial charge in [-0.3, -0.25) is 10.1 Å². The number of nitrogens with zero attached hydrogens (tertiary/aromatic N) is 1. The lowest BCUT2D eigenvalue weighted by Crippen LogP contribution is -2.14. The van der Waals surface area contributed by atoms with Crippen molar-refractivity contribution in [2.45, 2.75) is 6.54 Å². The van der Waals surface area contributed by atoms with Gasteiger partial charge in [-0.05, 0) is 46.8 Å². The normalized spacial score (nSPS) is 10.9. The number of carbonyl (C=O) groups is 2. The molecule has 0 saturated carbocycles. The van der Waals surface area contributed by atoms with Crippen LogP contribution in [0.1, 0.15) is 21.5 Å². The number of carboxylic acid groups (broad SMARTS) is 1. The zero-order chi connectivity index (χ0) is 20.1. The minimum atomic E-state index is -1.23. The fraction of sp³-hybridized carbons (Fsp3) is 0.0500. The summed E-state index contributed by atoms with van der Waals surface area (Å²) in [6.45, 7) is 0.417. The highest BCUT2D eigenvalue weighted by atomic mass is 16.4. The zero-order valence-corrected chi connectivity index (χ0v) is 14.8. The lowest BCUT2D eigenvalue weighted by Gasteiger charge is -2.11. The van der Waals surface area contributed by atoms with E-state index in [1.165, 1.54) is 12.3 Å². The van der Waals surface area contributed by atoms with Gasteiger partial charge in [0.25, 0.3) is 5.91 Å². The number of hydrazone groups is 1. The molecule has 142 valence electrons. The number of benzene rings is 3. The molecule has 3 aromatic carbocycles. The molecule has 7 N–H and O–H groups in total. The highest BCUT2D eigenvalue weighted by Crippen LogP contribution is 2.27. The zero-order valence-electron chi connectivity index (χ0n) is 14.8. The van der Waals surface area contributed by atoms with Gasteiger partial charge in [0.05, 0.1) is 11.9 Å². The molecule has 0 aromatic heterocycles. The topological polar surface area (TPSA) is 143 Å². The van der Waals surface area contributed by atoms with E-state index in [0.29, 0.717) is 39.8 Å². The van der Waals surface area contributed by atoms with Gasteiger partial charge in [-0.2, -0.15) is 5.10 Å². The number of amides is 2. The van der Waals surface area contributed by atoms with Gasteiger partial charge in [-0.15, -0.1) is 0 Å². The summed E-state index contributed by atoms with van der Waals surface area (Å²) in [4.78, 5) is 23.9. The summed E-state index contributed by atoms with van der Waals surface area (Å²) in [5.74, 6) is 4.82. The Kier molecular flexibility index (Phi) is 5.52. The van der Waals surface area contributed by atoms with Crippen molar-refractivity contribution in [3.63, 3.8) is 0 Å². The molecule has 3 aromatic rings.